The minimum Gasteiger partial charge on any atom is -0.340 e. The summed E-state index contributed by atoms with van der Waals surface area (Å²) < 4.78 is 3.24. The number of rotatable bonds is 6. The summed E-state index contributed by atoms with van der Waals surface area (Å²) in [6.45, 7) is 9.01. The smallest absolute Gasteiger partial charge is 0.330 e. The van der Waals surface area contributed by atoms with E-state index in [0.717, 1.165) is 12.1 Å². The zero-order chi connectivity index (χ0) is 20.3. The number of aryl methyl sites for hydroxylation is 2. The van der Waals surface area contributed by atoms with E-state index in [4.69, 9.17) is 0 Å². The number of pyridine rings is 1. The van der Waals surface area contributed by atoms with Crippen LogP contribution in [0.4, 0.5) is 5.82 Å². The molecule has 1 fully saturated rings. The first-order valence-corrected chi connectivity index (χ1v) is 9.85. The minimum absolute atomic E-state index is 0.00763. The van der Waals surface area contributed by atoms with Gasteiger partial charge in [0.1, 0.15) is 5.82 Å². The molecule has 0 bridgehead atoms. The molecule has 1 saturated heterocycles. The summed E-state index contributed by atoms with van der Waals surface area (Å²) in [4.78, 5) is 43.2. The molecule has 0 spiro atoms. The van der Waals surface area contributed by atoms with E-state index >= 15 is 0 Å². The molecule has 1 atom stereocenters. The molecular weight excluding hydrogens is 360 g/mol. The minimum atomic E-state index is -0.260. The summed E-state index contributed by atoms with van der Waals surface area (Å²) in [7, 11) is 0. The lowest BCUT2D eigenvalue weighted by molar-refractivity contribution is -0.133. The maximum atomic E-state index is 12.4. The van der Waals surface area contributed by atoms with Crippen molar-refractivity contribution >= 4 is 28.8 Å². The van der Waals surface area contributed by atoms with Crippen LogP contribution in [0.2, 0.25) is 0 Å². The van der Waals surface area contributed by atoms with Gasteiger partial charge in [0.25, 0.3) is 0 Å². The number of aromatic nitrogens is 3. The standard InChI is InChI=1S/C19H28N6O3/c1-4-24-14-6-7-15(22-18(14)25(5-2)19(24)28)21-16(26)8-9-17(27)23-11-10-20-13(3)12-23/h6-7,13,20H,4-5,8-12H2,1-3H3,(H,21,22,26)/t13-/m1/s1. The number of hydrogen-bond donors (Lipinski definition) is 2. The molecule has 0 saturated carbocycles. The van der Waals surface area contributed by atoms with Crippen LogP contribution in [0.3, 0.4) is 0 Å². The molecule has 9 nitrogen and oxygen atoms in total. The first-order valence-electron chi connectivity index (χ1n) is 9.85. The molecule has 1 aliphatic rings. The van der Waals surface area contributed by atoms with Crippen LogP contribution in [-0.4, -0.2) is 56.5 Å². The fourth-order valence-corrected chi connectivity index (χ4v) is 3.59. The molecule has 3 rings (SSSR count). The van der Waals surface area contributed by atoms with Crippen molar-refractivity contribution < 1.29 is 9.59 Å². The van der Waals surface area contributed by atoms with E-state index in [-0.39, 0.29) is 36.4 Å². The average Bonchev–Trinajstić information content (AvgIpc) is 2.95. The Labute approximate surface area is 163 Å². The summed E-state index contributed by atoms with van der Waals surface area (Å²) in [5.41, 5.74) is 1.19. The Morgan fingerprint density at radius 1 is 1.21 bits per heavy atom. The quantitative estimate of drug-likeness (QED) is 0.761. The van der Waals surface area contributed by atoms with Crippen LogP contribution in [0, 0.1) is 0 Å². The van der Waals surface area contributed by atoms with Gasteiger partial charge in [-0.1, -0.05) is 0 Å². The van der Waals surface area contributed by atoms with Crippen LogP contribution in [0.1, 0.15) is 33.6 Å². The van der Waals surface area contributed by atoms with Crippen molar-refractivity contribution in [3.63, 3.8) is 0 Å². The van der Waals surface area contributed by atoms with E-state index in [1.54, 1.807) is 26.2 Å². The monoisotopic (exact) mass is 388 g/mol. The maximum absolute atomic E-state index is 12.4. The third-order valence-corrected chi connectivity index (χ3v) is 5.05. The van der Waals surface area contributed by atoms with Gasteiger partial charge in [0.2, 0.25) is 11.8 Å². The SMILES string of the molecule is CCn1c(=O)n(CC)c2nc(NC(=O)CCC(=O)N3CCN[C@H](C)C3)ccc21. The normalized spacial score (nSPS) is 17.1. The van der Waals surface area contributed by atoms with Gasteiger partial charge in [-0.15, -0.1) is 0 Å². The van der Waals surface area contributed by atoms with Crippen molar-refractivity contribution in [1.82, 2.24) is 24.3 Å². The molecule has 2 amide bonds. The highest BCUT2D eigenvalue weighted by Gasteiger charge is 2.21. The highest BCUT2D eigenvalue weighted by molar-refractivity contribution is 5.93. The van der Waals surface area contributed by atoms with Gasteiger partial charge in [0.15, 0.2) is 5.65 Å². The predicted molar refractivity (Wildman–Crippen MR) is 107 cm³/mol. The second kappa shape index (κ2) is 8.55. The number of carbonyl (C=O) groups excluding carboxylic acids is 2. The van der Waals surface area contributed by atoms with Gasteiger partial charge in [-0.2, -0.15) is 0 Å². The Morgan fingerprint density at radius 2 is 1.96 bits per heavy atom. The highest BCUT2D eigenvalue weighted by Crippen LogP contribution is 2.15. The van der Waals surface area contributed by atoms with Crippen LogP contribution >= 0.6 is 0 Å². The van der Waals surface area contributed by atoms with Crippen molar-refractivity contribution in [1.29, 1.82) is 0 Å². The van der Waals surface area contributed by atoms with Crippen molar-refractivity contribution in [2.24, 2.45) is 0 Å². The Bertz CT molecular complexity index is 932. The lowest BCUT2D eigenvalue weighted by Gasteiger charge is -2.31. The zero-order valence-electron chi connectivity index (χ0n) is 16.7. The lowest BCUT2D eigenvalue weighted by Crippen LogP contribution is -2.51. The molecule has 28 heavy (non-hydrogen) atoms. The molecule has 0 aliphatic carbocycles. The Kier molecular flexibility index (Phi) is 6.13. The molecule has 2 aromatic rings. The van der Waals surface area contributed by atoms with Crippen LogP contribution in [0.15, 0.2) is 16.9 Å². The van der Waals surface area contributed by atoms with E-state index in [1.807, 2.05) is 20.8 Å². The van der Waals surface area contributed by atoms with Crippen molar-refractivity contribution in [2.45, 2.75) is 52.7 Å². The first-order chi connectivity index (χ1) is 13.4. The Hall–Kier alpha value is -2.68. The molecule has 3 heterocycles. The molecule has 0 radical (unpaired) electrons. The fraction of sp³-hybridized carbons (Fsp3) is 0.579. The van der Waals surface area contributed by atoms with E-state index in [9.17, 15) is 14.4 Å². The molecule has 1 aliphatic heterocycles. The van der Waals surface area contributed by atoms with Gasteiger partial charge in [-0.3, -0.25) is 18.7 Å². The topological polar surface area (TPSA) is 101 Å². The number of hydrogen-bond acceptors (Lipinski definition) is 5. The molecule has 0 unspecified atom stereocenters. The largest absolute Gasteiger partial charge is 0.340 e. The third kappa shape index (κ3) is 4.09. The predicted octanol–water partition coefficient (Wildman–Crippen LogP) is 0.777. The molecule has 152 valence electrons. The Morgan fingerprint density at radius 3 is 2.64 bits per heavy atom. The summed E-state index contributed by atoms with van der Waals surface area (Å²) in [5, 5.41) is 6.03. The van der Waals surface area contributed by atoms with Crippen molar-refractivity contribution in [2.75, 3.05) is 25.0 Å². The Balaban J connectivity index is 1.64. The van der Waals surface area contributed by atoms with E-state index in [1.165, 1.54) is 0 Å². The number of piperazine rings is 1. The van der Waals surface area contributed by atoms with Gasteiger partial charge >= 0.3 is 5.69 Å². The van der Waals surface area contributed by atoms with E-state index < -0.39 is 0 Å². The van der Waals surface area contributed by atoms with Crippen LogP contribution < -0.4 is 16.3 Å². The van der Waals surface area contributed by atoms with Gasteiger partial charge in [0, 0.05) is 51.6 Å². The number of anilines is 1. The molecule has 2 N–H and O–H groups in total. The lowest BCUT2D eigenvalue weighted by atomic mass is 10.2. The molecule has 9 heteroatoms. The number of fused-ring (bicyclic) bond motifs is 1. The van der Waals surface area contributed by atoms with Crippen LogP contribution in [0.5, 0.6) is 0 Å². The molecular formula is C19H28N6O3. The summed E-state index contributed by atoms with van der Waals surface area (Å²) in [6.07, 6.45) is 0.278. The summed E-state index contributed by atoms with van der Waals surface area (Å²) in [5.74, 6) is 0.117. The van der Waals surface area contributed by atoms with E-state index in [2.05, 4.69) is 15.6 Å². The summed E-state index contributed by atoms with van der Waals surface area (Å²) in [6, 6.07) is 3.75. The van der Waals surface area contributed by atoms with Crippen molar-refractivity contribution in [3.05, 3.63) is 22.6 Å². The van der Waals surface area contributed by atoms with E-state index in [0.29, 0.717) is 37.6 Å². The number of amides is 2. The number of carbonyl (C=O) groups is 2. The van der Waals surface area contributed by atoms with Gasteiger partial charge in [0.05, 0.1) is 5.52 Å². The maximum Gasteiger partial charge on any atom is 0.330 e. The molecule has 2 aromatic heterocycles. The molecule has 0 aromatic carbocycles. The van der Waals surface area contributed by atoms with Gasteiger partial charge in [-0.25, -0.2) is 9.78 Å². The number of nitrogens with zero attached hydrogens (tertiary/aromatic N) is 4. The fourth-order valence-electron chi connectivity index (χ4n) is 3.59. The van der Waals surface area contributed by atoms with Crippen LogP contribution in [-0.2, 0) is 22.7 Å². The summed E-state index contributed by atoms with van der Waals surface area (Å²) >= 11 is 0. The van der Waals surface area contributed by atoms with Gasteiger partial charge < -0.3 is 15.5 Å². The zero-order valence-corrected chi connectivity index (χ0v) is 16.7. The van der Waals surface area contributed by atoms with Gasteiger partial charge in [-0.05, 0) is 32.9 Å². The number of nitrogens with one attached hydrogen (secondary N) is 2. The third-order valence-electron chi connectivity index (χ3n) is 5.05. The second-order valence-electron chi connectivity index (χ2n) is 7.05. The second-order valence-corrected chi connectivity index (χ2v) is 7.05. The van der Waals surface area contributed by atoms with Crippen LogP contribution in [0.25, 0.3) is 11.2 Å². The number of imidazole rings is 1. The first kappa shape index (κ1) is 20.1. The van der Waals surface area contributed by atoms with Crippen molar-refractivity contribution in [3.8, 4) is 0 Å². The average molecular weight is 388 g/mol. The highest BCUT2D eigenvalue weighted by atomic mass is 16.2.